The van der Waals surface area contributed by atoms with Crippen LogP contribution in [0.15, 0.2) is 45.6 Å². The van der Waals surface area contributed by atoms with Crippen LogP contribution in [0.25, 0.3) is 22.3 Å². The predicted molar refractivity (Wildman–Crippen MR) is 112 cm³/mol. The van der Waals surface area contributed by atoms with E-state index in [1.165, 1.54) is 43.5 Å². The highest BCUT2D eigenvalue weighted by Crippen LogP contribution is 2.37. The second kappa shape index (κ2) is 8.89. The lowest BCUT2D eigenvalue weighted by Crippen LogP contribution is -2.60. The maximum absolute atomic E-state index is 13.4. The summed E-state index contributed by atoms with van der Waals surface area (Å²) in [6, 6.07) is 8.18. The molecule has 2 aromatic carbocycles. The van der Waals surface area contributed by atoms with Gasteiger partial charge in [0.1, 0.15) is 52.6 Å². The summed E-state index contributed by atoms with van der Waals surface area (Å²) in [5.41, 5.74) is -0.550. The van der Waals surface area contributed by atoms with E-state index in [9.17, 15) is 35.4 Å². The number of aliphatic hydroxyl groups excluding tert-OH is 4. The van der Waals surface area contributed by atoms with Crippen molar-refractivity contribution in [2.45, 2.75) is 30.7 Å². The molecular formula is C22H22O11. The molecule has 1 saturated heterocycles. The molecule has 6 N–H and O–H groups in total. The Bertz CT molecular complexity index is 1200. The zero-order valence-electron chi connectivity index (χ0n) is 17.3. The van der Waals surface area contributed by atoms with Gasteiger partial charge < -0.3 is 49.3 Å². The van der Waals surface area contributed by atoms with E-state index in [0.29, 0.717) is 5.56 Å². The number of rotatable bonds is 5. The normalized spacial score (nSPS) is 25.2. The van der Waals surface area contributed by atoms with Gasteiger partial charge >= 0.3 is 0 Å². The summed E-state index contributed by atoms with van der Waals surface area (Å²) in [5, 5.41) is 59.5. The summed E-state index contributed by atoms with van der Waals surface area (Å²) < 4.78 is 21.9. The van der Waals surface area contributed by atoms with Crippen molar-refractivity contribution < 1.29 is 49.3 Å². The van der Waals surface area contributed by atoms with Crippen LogP contribution in [0.5, 0.6) is 23.0 Å². The number of benzene rings is 2. The molecule has 4 rings (SSSR count). The summed E-state index contributed by atoms with van der Waals surface area (Å²) in [6.07, 6.45) is -8.07. The first kappa shape index (κ1) is 22.8. The van der Waals surface area contributed by atoms with Crippen LogP contribution in [0.1, 0.15) is 0 Å². The largest absolute Gasteiger partial charge is 0.508 e. The Hall–Kier alpha value is -3.35. The van der Waals surface area contributed by atoms with Gasteiger partial charge in [-0.25, -0.2) is 0 Å². The quantitative estimate of drug-likeness (QED) is 0.302. The molecule has 0 aliphatic carbocycles. The van der Waals surface area contributed by atoms with E-state index >= 15 is 0 Å². The van der Waals surface area contributed by atoms with Crippen molar-refractivity contribution in [3.63, 3.8) is 0 Å². The molecule has 0 radical (unpaired) electrons. The third kappa shape index (κ3) is 4.08. The van der Waals surface area contributed by atoms with E-state index in [0.717, 1.165) is 0 Å². The zero-order chi connectivity index (χ0) is 23.9. The van der Waals surface area contributed by atoms with Gasteiger partial charge in [-0.3, -0.25) is 4.79 Å². The number of fused-ring (bicyclic) bond motifs is 1. The van der Waals surface area contributed by atoms with Crippen LogP contribution < -0.4 is 14.9 Å². The summed E-state index contributed by atoms with van der Waals surface area (Å²) in [5.74, 6) is -0.871. The fourth-order valence-corrected chi connectivity index (χ4v) is 3.57. The Labute approximate surface area is 186 Å². The molecule has 0 spiro atoms. The first-order valence-corrected chi connectivity index (χ1v) is 9.89. The standard InChI is InChI=1S/C22H22O11/c1-30-11-6-12(25)15-13(7-11)31-20(9-2-4-10(24)5-3-9)21(17(15)27)33-22-19(29)18(28)16(26)14(8-23)32-22/h2-7,14,16,18-19,22-26,28-29H,8H2,1H3/t14-,16-,18-,19+,22+/m0/s1. The molecule has 5 atom stereocenters. The number of phenols is 2. The molecule has 176 valence electrons. The number of methoxy groups -OCH3 is 1. The van der Waals surface area contributed by atoms with Crippen LogP contribution in [0.2, 0.25) is 0 Å². The van der Waals surface area contributed by atoms with Crippen molar-refractivity contribution in [3.8, 4) is 34.3 Å². The fraction of sp³-hybridized carbons (Fsp3) is 0.318. The average Bonchev–Trinajstić information content (AvgIpc) is 2.80. The molecule has 33 heavy (non-hydrogen) atoms. The van der Waals surface area contributed by atoms with Crippen molar-refractivity contribution in [1.82, 2.24) is 0 Å². The van der Waals surface area contributed by atoms with Crippen LogP contribution >= 0.6 is 0 Å². The van der Waals surface area contributed by atoms with Gasteiger partial charge in [-0.15, -0.1) is 0 Å². The van der Waals surface area contributed by atoms with E-state index < -0.39 is 54.2 Å². The van der Waals surface area contributed by atoms with E-state index in [4.69, 9.17) is 18.6 Å². The summed E-state index contributed by atoms with van der Waals surface area (Å²) in [4.78, 5) is 13.4. The van der Waals surface area contributed by atoms with Crippen LogP contribution in [-0.4, -0.2) is 75.1 Å². The second-order valence-electron chi connectivity index (χ2n) is 7.47. The lowest BCUT2D eigenvalue weighted by Gasteiger charge is -2.39. The minimum atomic E-state index is -1.78. The molecule has 3 aromatic rings. The Kier molecular flexibility index (Phi) is 6.15. The maximum atomic E-state index is 13.4. The van der Waals surface area contributed by atoms with E-state index in [1.807, 2.05) is 0 Å². The third-order valence-electron chi connectivity index (χ3n) is 5.35. The molecule has 0 unspecified atom stereocenters. The molecule has 2 heterocycles. The number of phenolic OH excluding ortho intramolecular Hbond substituents is 2. The smallest absolute Gasteiger partial charge is 0.239 e. The minimum absolute atomic E-state index is 0.0268. The van der Waals surface area contributed by atoms with Crippen LogP contribution in [0.4, 0.5) is 0 Å². The van der Waals surface area contributed by atoms with Crippen LogP contribution in [0, 0.1) is 0 Å². The van der Waals surface area contributed by atoms with Gasteiger partial charge in [-0.1, -0.05) is 0 Å². The van der Waals surface area contributed by atoms with Crippen molar-refractivity contribution in [1.29, 1.82) is 0 Å². The number of aliphatic hydroxyl groups is 4. The summed E-state index contributed by atoms with van der Waals surface area (Å²) in [7, 11) is 1.37. The van der Waals surface area contributed by atoms with Gasteiger partial charge in [0, 0.05) is 17.7 Å². The van der Waals surface area contributed by atoms with Gasteiger partial charge in [0.2, 0.25) is 17.5 Å². The highest BCUT2D eigenvalue weighted by molar-refractivity contribution is 5.88. The maximum Gasteiger partial charge on any atom is 0.239 e. The first-order valence-electron chi connectivity index (χ1n) is 9.89. The van der Waals surface area contributed by atoms with Gasteiger partial charge in [-0.2, -0.15) is 0 Å². The van der Waals surface area contributed by atoms with Gasteiger partial charge in [0.15, 0.2) is 5.76 Å². The van der Waals surface area contributed by atoms with Gasteiger partial charge in [0.25, 0.3) is 0 Å². The van der Waals surface area contributed by atoms with Gasteiger partial charge in [-0.05, 0) is 24.3 Å². The Morgan fingerprint density at radius 3 is 2.33 bits per heavy atom. The molecule has 11 heteroatoms. The van der Waals surface area contributed by atoms with Crippen molar-refractivity contribution >= 4 is 11.0 Å². The highest BCUT2D eigenvalue weighted by atomic mass is 16.7. The highest BCUT2D eigenvalue weighted by Gasteiger charge is 2.45. The molecule has 0 bridgehead atoms. The molecule has 1 aliphatic heterocycles. The molecule has 11 nitrogen and oxygen atoms in total. The predicted octanol–water partition coefficient (Wildman–Crippen LogP) is 0.0585. The monoisotopic (exact) mass is 462 g/mol. The summed E-state index contributed by atoms with van der Waals surface area (Å²) in [6.45, 7) is -0.692. The molecule has 0 saturated carbocycles. The van der Waals surface area contributed by atoms with Crippen LogP contribution in [0.3, 0.4) is 0 Å². The lowest BCUT2D eigenvalue weighted by molar-refractivity contribution is -0.277. The molecule has 0 amide bonds. The number of hydrogen-bond acceptors (Lipinski definition) is 11. The topological polar surface area (TPSA) is 179 Å². The molecule has 1 fully saturated rings. The first-order chi connectivity index (χ1) is 15.7. The molecular weight excluding hydrogens is 440 g/mol. The van der Waals surface area contributed by atoms with Crippen molar-refractivity contribution in [2.24, 2.45) is 0 Å². The van der Waals surface area contributed by atoms with E-state index in [2.05, 4.69) is 0 Å². The van der Waals surface area contributed by atoms with Crippen molar-refractivity contribution in [2.75, 3.05) is 13.7 Å². The Morgan fingerprint density at radius 1 is 1.00 bits per heavy atom. The second-order valence-corrected chi connectivity index (χ2v) is 7.47. The minimum Gasteiger partial charge on any atom is -0.508 e. The third-order valence-corrected chi connectivity index (χ3v) is 5.35. The molecule has 1 aromatic heterocycles. The van der Waals surface area contributed by atoms with Crippen LogP contribution in [-0.2, 0) is 4.74 Å². The number of ether oxygens (including phenoxy) is 3. The fourth-order valence-electron chi connectivity index (χ4n) is 3.57. The number of hydrogen-bond donors (Lipinski definition) is 6. The Balaban J connectivity index is 1.89. The van der Waals surface area contributed by atoms with Crippen molar-refractivity contribution in [3.05, 3.63) is 46.6 Å². The Morgan fingerprint density at radius 2 is 1.70 bits per heavy atom. The average molecular weight is 462 g/mol. The SMILES string of the molecule is COc1cc(O)c2c(=O)c(O[C@H]3O[C@@H](CO)[C@H](O)[C@H](O)[C@H]3O)c(-c3ccc(O)cc3)oc2c1. The van der Waals surface area contributed by atoms with E-state index in [1.54, 1.807) is 0 Å². The van der Waals surface area contributed by atoms with E-state index in [-0.39, 0.29) is 28.2 Å². The number of aromatic hydroxyl groups is 2. The zero-order valence-corrected chi connectivity index (χ0v) is 17.3. The lowest BCUT2D eigenvalue weighted by atomic mass is 9.99. The molecule has 1 aliphatic rings. The summed E-state index contributed by atoms with van der Waals surface area (Å²) >= 11 is 0. The van der Waals surface area contributed by atoms with Gasteiger partial charge in [0.05, 0.1) is 13.7 Å².